The van der Waals surface area contributed by atoms with Crippen LogP contribution in [-0.4, -0.2) is 46.4 Å². The molecule has 1 unspecified atom stereocenters. The number of amides is 1. The normalized spacial score (nSPS) is 16.1. The van der Waals surface area contributed by atoms with Crippen LogP contribution >= 0.6 is 0 Å². The molecule has 3 aromatic rings. The molecule has 3 heterocycles. The number of carbonyl (C=O) groups is 2. The van der Waals surface area contributed by atoms with Gasteiger partial charge in [-0.15, -0.1) is 0 Å². The number of Topliss-reactive ketones (excluding diaryl/α,β-unsaturated/α-hetero) is 1. The second-order valence-electron chi connectivity index (χ2n) is 6.55. The number of carbonyl (C=O) groups excluding carboxylic acids is 2. The fourth-order valence-corrected chi connectivity index (χ4v) is 3.20. The van der Waals surface area contributed by atoms with E-state index in [4.69, 9.17) is 9.15 Å². The van der Waals surface area contributed by atoms with Gasteiger partial charge in [0.05, 0.1) is 19.5 Å². The van der Waals surface area contributed by atoms with E-state index in [1.165, 1.54) is 6.33 Å². The molecule has 1 N–H and O–H groups in total. The SMILES string of the molecule is COc1cc2nc(NC(=O)Cn3cnc4c3C(=O)C(C)N4C)oc2cc1C. The number of aryl methyl sites for hydroxylation is 1. The van der Waals surface area contributed by atoms with Gasteiger partial charge in [-0.1, -0.05) is 0 Å². The van der Waals surface area contributed by atoms with E-state index in [2.05, 4.69) is 15.3 Å². The van der Waals surface area contributed by atoms with Crippen LogP contribution in [0.4, 0.5) is 11.8 Å². The molecule has 0 spiro atoms. The Balaban J connectivity index is 1.54. The molecular weight excluding hydrogens is 350 g/mol. The Kier molecular flexibility index (Phi) is 3.87. The molecule has 1 aromatic carbocycles. The van der Waals surface area contributed by atoms with Crippen molar-refractivity contribution in [3.05, 3.63) is 29.7 Å². The highest BCUT2D eigenvalue weighted by atomic mass is 16.5. The summed E-state index contributed by atoms with van der Waals surface area (Å²) in [6, 6.07) is 3.36. The highest BCUT2D eigenvalue weighted by Gasteiger charge is 2.36. The van der Waals surface area contributed by atoms with Crippen LogP contribution in [0.2, 0.25) is 0 Å². The van der Waals surface area contributed by atoms with Gasteiger partial charge in [0.25, 0.3) is 0 Å². The molecule has 9 nitrogen and oxygen atoms in total. The second-order valence-corrected chi connectivity index (χ2v) is 6.55. The average molecular weight is 369 g/mol. The van der Waals surface area contributed by atoms with Crippen molar-refractivity contribution in [2.75, 3.05) is 24.4 Å². The summed E-state index contributed by atoms with van der Waals surface area (Å²) < 4.78 is 12.4. The highest BCUT2D eigenvalue weighted by molar-refractivity contribution is 6.08. The Morgan fingerprint density at radius 3 is 2.93 bits per heavy atom. The molecule has 1 aliphatic heterocycles. The number of rotatable bonds is 4. The number of benzene rings is 1. The largest absolute Gasteiger partial charge is 0.496 e. The van der Waals surface area contributed by atoms with Crippen LogP contribution in [0, 0.1) is 6.92 Å². The number of likely N-dealkylation sites (N-methyl/N-ethyl adjacent to an activating group) is 1. The lowest BCUT2D eigenvalue weighted by molar-refractivity contribution is -0.116. The van der Waals surface area contributed by atoms with E-state index in [1.807, 2.05) is 13.8 Å². The fraction of sp³-hybridized carbons (Fsp3) is 0.333. The van der Waals surface area contributed by atoms with E-state index in [9.17, 15) is 9.59 Å². The minimum Gasteiger partial charge on any atom is -0.496 e. The van der Waals surface area contributed by atoms with E-state index in [0.717, 1.165) is 5.56 Å². The number of oxazole rings is 1. The molecule has 0 saturated carbocycles. The number of nitrogens with one attached hydrogen (secondary N) is 1. The zero-order valence-corrected chi connectivity index (χ0v) is 15.4. The quantitative estimate of drug-likeness (QED) is 0.750. The Morgan fingerprint density at radius 2 is 2.19 bits per heavy atom. The Labute approximate surface area is 154 Å². The Bertz CT molecular complexity index is 1070. The number of ketones is 1. The lowest BCUT2D eigenvalue weighted by Gasteiger charge is -2.14. The summed E-state index contributed by atoms with van der Waals surface area (Å²) in [5.41, 5.74) is 2.49. The average Bonchev–Trinajstić information content (AvgIpc) is 3.26. The van der Waals surface area contributed by atoms with Gasteiger partial charge in [0, 0.05) is 13.1 Å². The molecule has 27 heavy (non-hydrogen) atoms. The van der Waals surface area contributed by atoms with Gasteiger partial charge in [0.15, 0.2) is 11.4 Å². The number of imidazole rings is 1. The summed E-state index contributed by atoms with van der Waals surface area (Å²) in [5.74, 6) is 0.867. The van der Waals surface area contributed by atoms with E-state index < -0.39 is 0 Å². The maximum Gasteiger partial charge on any atom is 0.302 e. The summed E-state index contributed by atoms with van der Waals surface area (Å²) in [4.78, 5) is 35.1. The first kappa shape index (κ1) is 17.1. The third-order valence-electron chi connectivity index (χ3n) is 4.81. The van der Waals surface area contributed by atoms with E-state index >= 15 is 0 Å². The highest BCUT2D eigenvalue weighted by Crippen LogP contribution is 2.29. The molecule has 0 radical (unpaired) electrons. The number of nitrogens with zero attached hydrogens (tertiary/aromatic N) is 4. The topological polar surface area (TPSA) is 102 Å². The molecule has 0 aliphatic carbocycles. The molecule has 0 fully saturated rings. The number of hydrogen-bond donors (Lipinski definition) is 1. The van der Waals surface area contributed by atoms with Crippen molar-refractivity contribution in [1.29, 1.82) is 0 Å². The predicted octanol–water partition coefficient (Wildman–Crippen LogP) is 2.00. The van der Waals surface area contributed by atoms with E-state index in [-0.39, 0.29) is 30.3 Å². The van der Waals surface area contributed by atoms with Gasteiger partial charge < -0.3 is 18.6 Å². The van der Waals surface area contributed by atoms with Crippen molar-refractivity contribution in [3.8, 4) is 5.75 Å². The minimum absolute atomic E-state index is 0.0535. The standard InChI is InChI=1S/C18H19N5O4/c1-9-5-13-11(6-12(9)26-4)20-18(27-13)21-14(24)7-23-8-19-17-15(23)16(25)10(2)22(17)3/h5-6,8,10H,7H2,1-4H3,(H,20,21,24). The van der Waals surface area contributed by atoms with Gasteiger partial charge in [0.1, 0.15) is 23.5 Å². The minimum atomic E-state index is -0.361. The van der Waals surface area contributed by atoms with Crippen molar-refractivity contribution in [2.24, 2.45) is 0 Å². The predicted molar refractivity (Wildman–Crippen MR) is 98.4 cm³/mol. The molecule has 1 amide bonds. The van der Waals surface area contributed by atoms with Gasteiger partial charge >= 0.3 is 6.01 Å². The zero-order chi connectivity index (χ0) is 19.3. The summed E-state index contributed by atoms with van der Waals surface area (Å²) in [5, 5.41) is 2.62. The molecule has 4 rings (SSSR count). The molecule has 140 valence electrons. The van der Waals surface area contributed by atoms with Gasteiger partial charge in [-0.05, 0) is 25.5 Å². The van der Waals surface area contributed by atoms with Crippen molar-refractivity contribution in [2.45, 2.75) is 26.4 Å². The first-order valence-corrected chi connectivity index (χ1v) is 8.46. The monoisotopic (exact) mass is 369 g/mol. The molecule has 9 heteroatoms. The number of fused-ring (bicyclic) bond motifs is 2. The van der Waals surface area contributed by atoms with Crippen LogP contribution < -0.4 is 15.0 Å². The van der Waals surface area contributed by atoms with Crippen LogP contribution in [0.3, 0.4) is 0 Å². The summed E-state index contributed by atoms with van der Waals surface area (Å²) in [6.45, 7) is 3.65. The molecule has 1 aliphatic rings. The van der Waals surface area contributed by atoms with E-state index in [0.29, 0.717) is 28.4 Å². The molecule has 0 saturated heterocycles. The fourth-order valence-electron chi connectivity index (χ4n) is 3.20. The maximum absolute atomic E-state index is 12.4. The molecule has 2 aromatic heterocycles. The maximum atomic E-state index is 12.4. The lowest BCUT2D eigenvalue weighted by atomic mass is 10.2. The number of anilines is 2. The first-order valence-electron chi connectivity index (χ1n) is 8.46. The smallest absolute Gasteiger partial charge is 0.302 e. The molecule has 1 atom stereocenters. The summed E-state index contributed by atoms with van der Waals surface area (Å²) in [6.07, 6.45) is 1.49. The number of aromatic nitrogens is 3. The second kappa shape index (κ2) is 6.11. The van der Waals surface area contributed by atoms with Crippen molar-refractivity contribution in [1.82, 2.24) is 14.5 Å². The third-order valence-corrected chi connectivity index (χ3v) is 4.81. The number of methoxy groups -OCH3 is 1. The van der Waals surface area contributed by atoms with Crippen LogP contribution in [0.25, 0.3) is 11.1 Å². The van der Waals surface area contributed by atoms with Gasteiger partial charge in [0.2, 0.25) is 11.7 Å². The molecule has 0 bridgehead atoms. The van der Waals surface area contributed by atoms with Crippen molar-refractivity contribution >= 4 is 34.6 Å². The zero-order valence-electron chi connectivity index (χ0n) is 15.4. The lowest BCUT2D eigenvalue weighted by Crippen LogP contribution is -2.29. The van der Waals surface area contributed by atoms with Crippen molar-refractivity contribution < 1.29 is 18.7 Å². The van der Waals surface area contributed by atoms with Crippen LogP contribution in [-0.2, 0) is 11.3 Å². The van der Waals surface area contributed by atoms with Crippen LogP contribution in [0.1, 0.15) is 23.0 Å². The first-order chi connectivity index (χ1) is 12.9. The number of ether oxygens (including phenoxy) is 1. The van der Waals surface area contributed by atoms with Crippen LogP contribution in [0.5, 0.6) is 5.75 Å². The van der Waals surface area contributed by atoms with Crippen LogP contribution in [0.15, 0.2) is 22.9 Å². The van der Waals surface area contributed by atoms with Gasteiger partial charge in [-0.2, -0.15) is 4.98 Å². The summed E-state index contributed by atoms with van der Waals surface area (Å²) >= 11 is 0. The van der Waals surface area contributed by atoms with Gasteiger partial charge in [-0.3, -0.25) is 14.9 Å². The Morgan fingerprint density at radius 1 is 1.41 bits per heavy atom. The Hall–Kier alpha value is -3.36. The van der Waals surface area contributed by atoms with E-state index in [1.54, 1.807) is 35.8 Å². The third kappa shape index (κ3) is 2.71. The summed E-state index contributed by atoms with van der Waals surface area (Å²) in [7, 11) is 3.39. The molecular formula is C18H19N5O4. The van der Waals surface area contributed by atoms with Crippen molar-refractivity contribution in [3.63, 3.8) is 0 Å². The van der Waals surface area contributed by atoms with Gasteiger partial charge in [-0.25, -0.2) is 4.98 Å². The number of hydrogen-bond acceptors (Lipinski definition) is 7.